The maximum absolute atomic E-state index is 14.6. The molecular formula is C20H22FN5O6S2. The van der Waals surface area contributed by atoms with Gasteiger partial charge in [-0.15, -0.1) is 0 Å². The average molecular weight is 512 g/mol. The number of rotatable bonds is 5. The molecule has 0 spiro atoms. The van der Waals surface area contributed by atoms with Crippen LogP contribution in [-0.2, 0) is 19.9 Å². The lowest BCUT2D eigenvalue weighted by atomic mass is 10.1. The number of nitrogens with one attached hydrogen (secondary N) is 1. The zero-order chi connectivity index (χ0) is 24.7. The van der Waals surface area contributed by atoms with E-state index in [0.29, 0.717) is 13.1 Å². The van der Waals surface area contributed by atoms with E-state index in [1.807, 2.05) is 0 Å². The van der Waals surface area contributed by atoms with E-state index in [9.17, 15) is 26.0 Å². The van der Waals surface area contributed by atoms with Crippen molar-refractivity contribution in [2.75, 3.05) is 30.9 Å². The van der Waals surface area contributed by atoms with E-state index in [-0.39, 0.29) is 33.2 Å². The number of ether oxygens (including phenoxy) is 1. The summed E-state index contributed by atoms with van der Waals surface area (Å²) in [6.07, 6.45) is 6.21. The molecule has 1 amide bonds. The highest BCUT2D eigenvalue weighted by Crippen LogP contribution is 2.34. The van der Waals surface area contributed by atoms with Crippen LogP contribution in [0.4, 0.5) is 20.7 Å². The summed E-state index contributed by atoms with van der Waals surface area (Å²) in [7, 11) is -7.52. The van der Waals surface area contributed by atoms with Gasteiger partial charge in [0, 0.05) is 19.3 Å². The Bertz CT molecular complexity index is 1480. The molecule has 0 unspecified atom stereocenters. The Balaban J connectivity index is 1.76. The fourth-order valence-corrected chi connectivity index (χ4v) is 5.04. The number of halogens is 1. The van der Waals surface area contributed by atoms with Crippen LogP contribution in [0.2, 0.25) is 0 Å². The third-order valence-corrected chi connectivity index (χ3v) is 7.41. The largest absolute Gasteiger partial charge is 0.415 e. The molecule has 1 N–H and O–H groups in total. The second kappa shape index (κ2) is 8.83. The first kappa shape index (κ1) is 23.9. The third-order valence-electron chi connectivity index (χ3n) is 5.30. The molecular weight excluding hydrogens is 489 g/mol. The standard InChI is InChI=1S/C20H22FN5O6S2/c1-33(28,29)13-6-7-15(14(21)10-13)24-19-18-17(22-12-23-19)16(11-26(18)34(2,30)31)32-20(27)25-8-4-3-5-9-25/h6-7,10-12H,3-5,8-9H2,1-2H3,(H,22,23,24). The lowest BCUT2D eigenvalue weighted by molar-refractivity contribution is 0.143. The van der Waals surface area contributed by atoms with Crippen LogP contribution in [0.5, 0.6) is 5.75 Å². The molecule has 2 aromatic heterocycles. The van der Waals surface area contributed by atoms with Crippen molar-refractivity contribution in [1.29, 1.82) is 0 Å². The summed E-state index contributed by atoms with van der Waals surface area (Å²) in [4.78, 5) is 22.0. The van der Waals surface area contributed by atoms with Crippen molar-refractivity contribution in [1.82, 2.24) is 18.8 Å². The number of benzene rings is 1. The highest BCUT2D eigenvalue weighted by molar-refractivity contribution is 7.90. The minimum Gasteiger partial charge on any atom is -0.406 e. The molecule has 4 rings (SSSR count). The molecule has 3 heterocycles. The Morgan fingerprint density at radius 3 is 2.41 bits per heavy atom. The predicted molar refractivity (Wildman–Crippen MR) is 122 cm³/mol. The third kappa shape index (κ3) is 4.82. The summed E-state index contributed by atoms with van der Waals surface area (Å²) >= 11 is 0. The van der Waals surface area contributed by atoms with E-state index in [4.69, 9.17) is 4.74 Å². The van der Waals surface area contributed by atoms with Crippen molar-refractivity contribution in [2.24, 2.45) is 0 Å². The number of hydrogen-bond acceptors (Lipinski definition) is 9. The summed E-state index contributed by atoms with van der Waals surface area (Å²) < 4.78 is 69.2. The fraction of sp³-hybridized carbons (Fsp3) is 0.350. The normalized spacial score (nSPS) is 14.9. The molecule has 1 aliphatic heterocycles. The number of hydrogen-bond donors (Lipinski definition) is 1. The average Bonchev–Trinajstić information content (AvgIpc) is 3.15. The van der Waals surface area contributed by atoms with Crippen LogP contribution in [0.25, 0.3) is 11.0 Å². The lowest BCUT2D eigenvalue weighted by Crippen LogP contribution is -2.37. The first-order chi connectivity index (χ1) is 15.9. The van der Waals surface area contributed by atoms with Crippen LogP contribution in [0.15, 0.2) is 35.6 Å². The van der Waals surface area contributed by atoms with E-state index in [0.717, 1.165) is 54.3 Å². The van der Waals surface area contributed by atoms with E-state index < -0.39 is 31.8 Å². The molecule has 0 atom stereocenters. The first-order valence-corrected chi connectivity index (χ1v) is 14.0. The number of sulfone groups is 1. The quantitative estimate of drug-likeness (QED) is 0.547. The number of likely N-dealkylation sites (tertiary alicyclic amines) is 1. The Morgan fingerprint density at radius 2 is 1.79 bits per heavy atom. The molecule has 34 heavy (non-hydrogen) atoms. The van der Waals surface area contributed by atoms with Crippen LogP contribution in [0.1, 0.15) is 19.3 Å². The van der Waals surface area contributed by atoms with Crippen molar-refractivity contribution >= 4 is 48.5 Å². The summed E-state index contributed by atoms with van der Waals surface area (Å²) in [5.41, 5.74) is -0.167. The zero-order valence-corrected chi connectivity index (χ0v) is 20.0. The SMILES string of the molecule is CS(=O)(=O)c1ccc(Nc2ncnc3c(OC(=O)N4CCCCC4)cn(S(C)(=O)=O)c23)c(F)c1. The summed E-state index contributed by atoms with van der Waals surface area (Å²) in [6, 6.07) is 3.25. The maximum Gasteiger partial charge on any atom is 0.415 e. The number of amides is 1. The minimum absolute atomic E-state index is 0.0291. The molecule has 3 aromatic rings. The van der Waals surface area contributed by atoms with E-state index in [1.165, 1.54) is 17.0 Å². The van der Waals surface area contributed by atoms with Crippen LogP contribution in [-0.4, -0.2) is 67.4 Å². The number of nitrogens with zero attached hydrogens (tertiary/aromatic N) is 4. The van der Waals surface area contributed by atoms with Gasteiger partial charge >= 0.3 is 6.09 Å². The number of fused-ring (bicyclic) bond motifs is 1. The number of piperidine rings is 1. The molecule has 0 radical (unpaired) electrons. The Kier molecular flexibility index (Phi) is 6.20. The van der Waals surface area contributed by atoms with E-state index >= 15 is 0 Å². The zero-order valence-electron chi connectivity index (χ0n) is 18.4. The van der Waals surface area contributed by atoms with Gasteiger partial charge in [0.15, 0.2) is 21.4 Å². The van der Waals surface area contributed by atoms with Gasteiger partial charge in [-0.25, -0.2) is 40.0 Å². The van der Waals surface area contributed by atoms with Crippen LogP contribution in [0, 0.1) is 5.82 Å². The highest BCUT2D eigenvalue weighted by Gasteiger charge is 2.25. The molecule has 1 aromatic carbocycles. The first-order valence-electron chi connectivity index (χ1n) is 10.2. The molecule has 1 fully saturated rings. The molecule has 0 saturated carbocycles. The van der Waals surface area contributed by atoms with Gasteiger partial charge in [-0.3, -0.25) is 0 Å². The second-order valence-electron chi connectivity index (χ2n) is 7.93. The van der Waals surface area contributed by atoms with E-state index in [2.05, 4.69) is 15.3 Å². The van der Waals surface area contributed by atoms with Gasteiger partial charge in [0.25, 0.3) is 0 Å². The number of carbonyl (C=O) groups is 1. The number of carbonyl (C=O) groups excluding carboxylic acids is 1. The molecule has 1 saturated heterocycles. The highest BCUT2D eigenvalue weighted by atomic mass is 32.2. The topological polar surface area (TPSA) is 141 Å². The smallest absolute Gasteiger partial charge is 0.406 e. The van der Waals surface area contributed by atoms with Crippen molar-refractivity contribution in [3.05, 3.63) is 36.5 Å². The van der Waals surface area contributed by atoms with Crippen molar-refractivity contribution < 1.29 is 30.8 Å². The second-order valence-corrected chi connectivity index (χ2v) is 11.8. The van der Waals surface area contributed by atoms with Gasteiger partial charge in [-0.1, -0.05) is 0 Å². The minimum atomic E-state index is -3.90. The Labute approximate surface area is 195 Å². The number of aromatic nitrogens is 3. The van der Waals surface area contributed by atoms with Crippen molar-refractivity contribution in [3.63, 3.8) is 0 Å². The van der Waals surface area contributed by atoms with Crippen LogP contribution in [0.3, 0.4) is 0 Å². The van der Waals surface area contributed by atoms with Gasteiger partial charge in [-0.05, 0) is 37.5 Å². The summed E-state index contributed by atoms with van der Waals surface area (Å²) in [6.45, 7) is 1.07. The van der Waals surface area contributed by atoms with Crippen molar-refractivity contribution in [2.45, 2.75) is 24.2 Å². The van der Waals surface area contributed by atoms with Crippen molar-refractivity contribution in [3.8, 4) is 5.75 Å². The van der Waals surface area contributed by atoms with Gasteiger partial charge in [0.05, 0.1) is 23.0 Å². The summed E-state index contributed by atoms with van der Waals surface area (Å²) in [5.74, 6) is -1.06. The lowest BCUT2D eigenvalue weighted by Gasteiger charge is -2.25. The maximum atomic E-state index is 14.6. The number of anilines is 2. The summed E-state index contributed by atoms with van der Waals surface area (Å²) in [5, 5.41) is 2.68. The van der Waals surface area contributed by atoms with Crippen LogP contribution >= 0.6 is 0 Å². The van der Waals surface area contributed by atoms with E-state index in [1.54, 1.807) is 0 Å². The monoisotopic (exact) mass is 511 g/mol. The molecule has 0 bridgehead atoms. The fourth-order valence-electron chi connectivity index (χ4n) is 3.62. The molecule has 14 heteroatoms. The van der Waals surface area contributed by atoms with Gasteiger partial charge in [0.1, 0.15) is 23.2 Å². The Morgan fingerprint density at radius 1 is 1.09 bits per heavy atom. The molecule has 11 nitrogen and oxygen atoms in total. The van der Waals surface area contributed by atoms with Crippen LogP contribution < -0.4 is 10.1 Å². The van der Waals surface area contributed by atoms with Gasteiger partial charge < -0.3 is 15.0 Å². The predicted octanol–water partition coefficient (Wildman–Crippen LogP) is 2.51. The molecule has 0 aliphatic carbocycles. The Hall–Kier alpha value is -3.26. The van der Waals surface area contributed by atoms with Gasteiger partial charge in [-0.2, -0.15) is 0 Å². The molecule has 1 aliphatic rings. The molecule has 182 valence electrons. The van der Waals surface area contributed by atoms with Gasteiger partial charge in [0.2, 0.25) is 10.0 Å².